The average Bonchev–Trinajstić information content (AvgIpc) is 3.21. The minimum atomic E-state index is -0.302. The Hall–Kier alpha value is -1.93. The van der Waals surface area contributed by atoms with Gasteiger partial charge < -0.3 is 0 Å². The maximum atomic E-state index is 12.8. The molecule has 22 heavy (non-hydrogen) atoms. The van der Waals surface area contributed by atoms with Crippen LogP contribution in [0.15, 0.2) is 60.7 Å². The molecule has 0 amide bonds. The van der Waals surface area contributed by atoms with E-state index in [4.69, 9.17) is 0 Å². The van der Waals surface area contributed by atoms with Crippen LogP contribution in [0.2, 0.25) is 0 Å². The Morgan fingerprint density at radius 2 is 1.50 bits per heavy atom. The summed E-state index contributed by atoms with van der Waals surface area (Å²) in [6.45, 7) is 6.86. The fourth-order valence-corrected chi connectivity index (χ4v) is 3.03. The molecule has 1 fully saturated rings. The van der Waals surface area contributed by atoms with Gasteiger partial charge in [0, 0.05) is 12.0 Å². The summed E-state index contributed by atoms with van der Waals surface area (Å²) in [7, 11) is 0. The molecule has 2 nitrogen and oxygen atoms in total. The molecule has 0 radical (unpaired) electrons. The number of rotatable bonds is 4. The number of carbonyl (C=O) groups is 1. The molecule has 2 aromatic carbocycles. The van der Waals surface area contributed by atoms with Gasteiger partial charge in [-0.2, -0.15) is 0 Å². The first-order valence-corrected chi connectivity index (χ1v) is 7.87. The van der Waals surface area contributed by atoms with Crippen molar-refractivity contribution >= 4 is 5.78 Å². The molecule has 1 saturated heterocycles. The monoisotopic (exact) mass is 293 g/mol. The van der Waals surface area contributed by atoms with Gasteiger partial charge in [-0.15, -0.1) is 0 Å². The molecule has 0 spiro atoms. The van der Waals surface area contributed by atoms with E-state index in [-0.39, 0.29) is 17.5 Å². The van der Waals surface area contributed by atoms with Crippen LogP contribution < -0.4 is 0 Å². The van der Waals surface area contributed by atoms with Gasteiger partial charge in [0.1, 0.15) is 0 Å². The van der Waals surface area contributed by atoms with Crippen molar-refractivity contribution in [3.8, 4) is 0 Å². The Labute approximate surface area is 132 Å². The van der Waals surface area contributed by atoms with Crippen molar-refractivity contribution in [1.29, 1.82) is 0 Å². The zero-order chi connectivity index (χ0) is 15.7. The molecule has 2 aromatic rings. The van der Waals surface area contributed by atoms with Gasteiger partial charge >= 0.3 is 0 Å². The Morgan fingerprint density at radius 3 is 2.05 bits per heavy atom. The molecule has 1 heterocycles. The molecule has 3 atom stereocenters. The topological polar surface area (TPSA) is 20.1 Å². The molecule has 2 heteroatoms. The summed E-state index contributed by atoms with van der Waals surface area (Å²) < 4.78 is 0. The second-order valence-corrected chi connectivity index (χ2v) is 7.07. The van der Waals surface area contributed by atoms with Crippen LogP contribution in [0.5, 0.6) is 0 Å². The van der Waals surface area contributed by atoms with Crippen molar-refractivity contribution in [2.45, 2.75) is 39.4 Å². The molecule has 1 aliphatic rings. The second kappa shape index (κ2) is 5.69. The van der Waals surface area contributed by atoms with E-state index in [2.05, 4.69) is 41.3 Å². The maximum absolute atomic E-state index is 12.8. The smallest absolute Gasteiger partial charge is 0.157 e. The standard InChI is InChI=1S/C20H23NO/c1-20(2,3)19(22)18-17(16-12-8-5-9-13-16)21(18)14-15-10-6-4-7-11-15/h4-13,17-18H,14H2,1-3H3/t17-,18-,21?/m1/s1. The number of carbonyl (C=O) groups excluding carboxylic acids is 1. The lowest BCUT2D eigenvalue weighted by atomic mass is 9.87. The van der Waals surface area contributed by atoms with Crippen molar-refractivity contribution in [2.75, 3.05) is 0 Å². The summed E-state index contributed by atoms with van der Waals surface area (Å²) in [6, 6.07) is 21.0. The van der Waals surface area contributed by atoms with Gasteiger partial charge in [-0.1, -0.05) is 81.4 Å². The molecule has 1 unspecified atom stereocenters. The van der Waals surface area contributed by atoms with Crippen LogP contribution in [0.25, 0.3) is 0 Å². The average molecular weight is 293 g/mol. The van der Waals surface area contributed by atoms with Crippen molar-refractivity contribution in [2.24, 2.45) is 5.41 Å². The molecule has 114 valence electrons. The number of nitrogens with zero attached hydrogens (tertiary/aromatic N) is 1. The molecule has 0 saturated carbocycles. The quantitative estimate of drug-likeness (QED) is 0.786. The number of benzene rings is 2. The molecular formula is C20H23NO. The van der Waals surface area contributed by atoms with Gasteiger partial charge in [0.15, 0.2) is 5.78 Å². The Morgan fingerprint density at radius 1 is 0.955 bits per heavy atom. The molecule has 1 aliphatic heterocycles. The van der Waals surface area contributed by atoms with Crippen LogP contribution in [0.4, 0.5) is 0 Å². The summed E-state index contributed by atoms with van der Waals surface area (Å²) in [4.78, 5) is 15.1. The zero-order valence-corrected chi connectivity index (χ0v) is 13.5. The molecular weight excluding hydrogens is 270 g/mol. The van der Waals surface area contributed by atoms with E-state index in [1.54, 1.807) is 0 Å². The van der Waals surface area contributed by atoms with Crippen LogP contribution in [-0.4, -0.2) is 16.7 Å². The molecule has 0 aliphatic carbocycles. The Kier molecular flexibility index (Phi) is 3.88. The van der Waals surface area contributed by atoms with Crippen molar-refractivity contribution in [3.05, 3.63) is 71.8 Å². The SMILES string of the molecule is CC(C)(C)C(=O)[C@H]1[C@@H](c2ccccc2)N1Cc1ccccc1. The van der Waals surface area contributed by atoms with Crippen LogP contribution in [-0.2, 0) is 11.3 Å². The van der Waals surface area contributed by atoms with Crippen LogP contribution in [0, 0.1) is 5.41 Å². The first-order chi connectivity index (χ1) is 10.5. The van der Waals surface area contributed by atoms with E-state index in [0.717, 1.165) is 6.54 Å². The largest absolute Gasteiger partial charge is 0.297 e. The lowest BCUT2D eigenvalue weighted by molar-refractivity contribution is -0.126. The fraction of sp³-hybridized carbons (Fsp3) is 0.350. The number of ketones is 1. The zero-order valence-electron chi connectivity index (χ0n) is 13.5. The van der Waals surface area contributed by atoms with Crippen LogP contribution in [0.3, 0.4) is 0 Å². The molecule has 0 bridgehead atoms. The highest BCUT2D eigenvalue weighted by Gasteiger charge is 2.54. The highest BCUT2D eigenvalue weighted by molar-refractivity contribution is 5.92. The summed E-state index contributed by atoms with van der Waals surface area (Å²) in [5, 5.41) is 0. The highest BCUT2D eigenvalue weighted by atomic mass is 16.1. The summed E-state index contributed by atoms with van der Waals surface area (Å²) in [6.07, 6.45) is 0. The predicted molar refractivity (Wildman–Crippen MR) is 89.4 cm³/mol. The van der Waals surface area contributed by atoms with Crippen LogP contribution in [0.1, 0.15) is 37.9 Å². The van der Waals surface area contributed by atoms with Crippen LogP contribution >= 0.6 is 0 Å². The van der Waals surface area contributed by atoms with E-state index in [1.807, 2.05) is 45.0 Å². The molecule has 0 N–H and O–H groups in total. The van der Waals surface area contributed by atoms with Crippen molar-refractivity contribution < 1.29 is 4.79 Å². The van der Waals surface area contributed by atoms with E-state index < -0.39 is 0 Å². The Bertz CT molecular complexity index is 642. The van der Waals surface area contributed by atoms with E-state index >= 15 is 0 Å². The van der Waals surface area contributed by atoms with Gasteiger partial charge in [-0.05, 0) is 11.1 Å². The second-order valence-electron chi connectivity index (χ2n) is 7.07. The van der Waals surface area contributed by atoms with Crippen molar-refractivity contribution in [1.82, 2.24) is 4.90 Å². The lowest BCUT2D eigenvalue weighted by Gasteiger charge is -2.16. The molecule has 3 rings (SSSR count). The first kappa shape index (κ1) is 15.0. The summed E-state index contributed by atoms with van der Waals surface area (Å²) in [5.41, 5.74) is 2.19. The maximum Gasteiger partial charge on any atom is 0.157 e. The van der Waals surface area contributed by atoms with Gasteiger partial charge in [-0.3, -0.25) is 9.69 Å². The van der Waals surface area contributed by atoms with Gasteiger partial charge in [0.2, 0.25) is 0 Å². The normalized spacial score (nSPS) is 24.0. The third-order valence-corrected chi connectivity index (χ3v) is 4.28. The minimum absolute atomic E-state index is 0.00241. The third-order valence-electron chi connectivity index (χ3n) is 4.28. The van der Waals surface area contributed by atoms with Gasteiger partial charge in [0.25, 0.3) is 0 Å². The van der Waals surface area contributed by atoms with E-state index in [1.165, 1.54) is 11.1 Å². The lowest BCUT2D eigenvalue weighted by Crippen LogP contribution is -2.27. The minimum Gasteiger partial charge on any atom is -0.297 e. The fourth-order valence-electron chi connectivity index (χ4n) is 3.03. The van der Waals surface area contributed by atoms with E-state index in [0.29, 0.717) is 5.78 Å². The van der Waals surface area contributed by atoms with E-state index in [9.17, 15) is 4.79 Å². The summed E-state index contributed by atoms with van der Waals surface area (Å²) in [5.74, 6) is 0.331. The Balaban J connectivity index is 1.84. The number of hydrogen-bond donors (Lipinski definition) is 0. The number of Topliss-reactive ketones (excluding diaryl/α,β-unsaturated/α-hetero) is 1. The highest BCUT2D eigenvalue weighted by Crippen LogP contribution is 2.47. The third kappa shape index (κ3) is 2.97. The first-order valence-electron chi connectivity index (χ1n) is 7.87. The van der Waals surface area contributed by atoms with Gasteiger partial charge in [0.05, 0.1) is 12.1 Å². The summed E-state index contributed by atoms with van der Waals surface area (Å²) >= 11 is 0. The molecule has 0 aromatic heterocycles. The predicted octanol–water partition coefficient (Wildman–Crippen LogP) is 4.23. The number of hydrogen-bond acceptors (Lipinski definition) is 2. The van der Waals surface area contributed by atoms with Gasteiger partial charge in [-0.25, -0.2) is 0 Å². The van der Waals surface area contributed by atoms with Crippen molar-refractivity contribution in [3.63, 3.8) is 0 Å².